The third-order valence-corrected chi connectivity index (χ3v) is 3.42. The highest BCUT2D eigenvalue weighted by atomic mass is 35.5. The molecular formula is C11H13ClN2O3. The zero-order chi connectivity index (χ0) is 12.5. The van der Waals surface area contributed by atoms with Gasteiger partial charge >= 0.3 is 0 Å². The largest absolute Gasteiger partial charge is 0.394 e. The van der Waals surface area contributed by atoms with Crippen LogP contribution in [0.1, 0.15) is 18.4 Å². The van der Waals surface area contributed by atoms with E-state index in [4.69, 9.17) is 16.7 Å². The van der Waals surface area contributed by atoms with Crippen LogP contribution < -0.4 is 5.32 Å². The fourth-order valence-electron chi connectivity index (χ4n) is 1.63. The molecule has 0 amide bonds. The number of non-ortho nitro benzene ring substituents is 1. The number of nitrogens with one attached hydrogen (secondary N) is 1. The van der Waals surface area contributed by atoms with Crippen LogP contribution in [0.25, 0.3) is 0 Å². The standard InChI is InChI=1S/C11H13ClN2O3/c12-10-2-1-9(14(16)17)5-8(10)6-13-11(7-15)3-4-11/h1-2,5,13,15H,3-4,6-7H2. The van der Waals surface area contributed by atoms with Gasteiger partial charge in [0.25, 0.3) is 5.69 Å². The van der Waals surface area contributed by atoms with E-state index in [1.54, 1.807) is 0 Å². The van der Waals surface area contributed by atoms with Crippen molar-refractivity contribution in [1.82, 2.24) is 5.32 Å². The summed E-state index contributed by atoms with van der Waals surface area (Å²) in [6.07, 6.45) is 1.85. The smallest absolute Gasteiger partial charge is 0.269 e. The Balaban J connectivity index is 2.09. The second-order valence-corrected chi connectivity index (χ2v) is 4.73. The van der Waals surface area contributed by atoms with E-state index in [1.807, 2.05) is 0 Å². The van der Waals surface area contributed by atoms with Gasteiger partial charge < -0.3 is 10.4 Å². The first-order valence-electron chi connectivity index (χ1n) is 5.35. The highest BCUT2D eigenvalue weighted by molar-refractivity contribution is 6.31. The SMILES string of the molecule is O=[N+]([O-])c1ccc(Cl)c(CNC2(CO)CC2)c1. The van der Waals surface area contributed by atoms with Crippen LogP contribution in [0.5, 0.6) is 0 Å². The van der Waals surface area contributed by atoms with Gasteiger partial charge in [-0.1, -0.05) is 11.6 Å². The monoisotopic (exact) mass is 256 g/mol. The van der Waals surface area contributed by atoms with E-state index in [0.717, 1.165) is 12.8 Å². The average Bonchev–Trinajstić information content (AvgIpc) is 3.08. The van der Waals surface area contributed by atoms with Crippen molar-refractivity contribution in [3.8, 4) is 0 Å². The van der Waals surface area contributed by atoms with Crippen LogP contribution >= 0.6 is 11.6 Å². The van der Waals surface area contributed by atoms with Gasteiger partial charge in [0.2, 0.25) is 0 Å². The summed E-state index contributed by atoms with van der Waals surface area (Å²) in [6.45, 7) is 0.515. The van der Waals surface area contributed by atoms with Crippen molar-refractivity contribution in [3.05, 3.63) is 38.9 Å². The zero-order valence-electron chi connectivity index (χ0n) is 9.15. The van der Waals surface area contributed by atoms with E-state index in [0.29, 0.717) is 17.1 Å². The van der Waals surface area contributed by atoms with Gasteiger partial charge in [0.1, 0.15) is 0 Å². The summed E-state index contributed by atoms with van der Waals surface area (Å²) in [5.41, 5.74) is 0.508. The van der Waals surface area contributed by atoms with E-state index in [9.17, 15) is 10.1 Å². The number of hydrogen-bond donors (Lipinski definition) is 2. The Labute approximate surface area is 104 Å². The first kappa shape index (κ1) is 12.3. The molecule has 0 bridgehead atoms. The normalized spacial score (nSPS) is 16.8. The lowest BCUT2D eigenvalue weighted by atomic mass is 10.2. The van der Waals surface area contributed by atoms with Crippen LogP contribution in [0.4, 0.5) is 5.69 Å². The van der Waals surface area contributed by atoms with Crippen molar-refractivity contribution >= 4 is 17.3 Å². The Morgan fingerprint density at radius 3 is 2.76 bits per heavy atom. The summed E-state index contributed by atoms with van der Waals surface area (Å²) in [5, 5.41) is 23.5. The van der Waals surface area contributed by atoms with Crippen LogP contribution in [0.2, 0.25) is 5.02 Å². The minimum Gasteiger partial charge on any atom is -0.394 e. The molecule has 0 radical (unpaired) electrons. The summed E-state index contributed by atoms with van der Waals surface area (Å²) in [6, 6.07) is 4.36. The lowest BCUT2D eigenvalue weighted by Crippen LogP contribution is -2.34. The van der Waals surface area contributed by atoms with Gasteiger partial charge in [0.15, 0.2) is 0 Å². The van der Waals surface area contributed by atoms with E-state index >= 15 is 0 Å². The molecule has 0 saturated heterocycles. The molecule has 1 aliphatic carbocycles. The molecule has 0 aromatic heterocycles. The summed E-state index contributed by atoms with van der Waals surface area (Å²) >= 11 is 5.97. The number of aliphatic hydroxyl groups excluding tert-OH is 1. The number of nitro groups is 1. The highest BCUT2D eigenvalue weighted by Crippen LogP contribution is 2.35. The van der Waals surface area contributed by atoms with Gasteiger partial charge in [-0.2, -0.15) is 0 Å². The summed E-state index contributed by atoms with van der Waals surface area (Å²) in [4.78, 5) is 10.2. The van der Waals surface area contributed by atoms with Gasteiger partial charge in [-0.25, -0.2) is 0 Å². The van der Waals surface area contributed by atoms with Crippen molar-refractivity contribution in [3.63, 3.8) is 0 Å². The molecule has 17 heavy (non-hydrogen) atoms. The molecule has 0 spiro atoms. The number of nitro benzene ring substituents is 1. The topological polar surface area (TPSA) is 75.4 Å². The van der Waals surface area contributed by atoms with Gasteiger partial charge in [0.05, 0.1) is 11.5 Å². The van der Waals surface area contributed by atoms with E-state index in [2.05, 4.69) is 5.32 Å². The first-order valence-corrected chi connectivity index (χ1v) is 5.73. The molecule has 0 aliphatic heterocycles. The van der Waals surface area contributed by atoms with Crippen molar-refractivity contribution in [2.75, 3.05) is 6.61 Å². The quantitative estimate of drug-likeness (QED) is 0.623. The number of halogens is 1. The second kappa shape index (κ2) is 4.60. The average molecular weight is 257 g/mol. The maximum absolute atomic E-state index is 10.6. The third-order valence-electron chi connectivity index (χ3n) is 3.05. The van der Waals surface area contributed by atoms with Gasteiger partial charge in [0, 0.05) is 29.2 Å². The molecule has 2 N–H and O–H groups in total. The molecule has 6 heteroatoms. The number of aliphatic hydroxyl groups is 1. The Hall–Kier alpha value is -1.17. The Morgan fingerprint density at radius 2 is 2.24 bits per heavy atom. The molecule has 1 aromatic carbocycles. The summed E-state index contributed by atoms with van der Waals surface area (Å²) in [7, 11) is 0. The van der Waals surface area contributed by atoms with Crippen molar-refractivity contribution < 1.29 is 10.0 Å². The minimum absolute atomic E-state index is 0.0278. The molecule has 5 nitrogen and oxygen atoms in total. The van der Waals surface area contributed by atoms with Gasteiger partial charge in [-0.05, 0) is 24.5 Å². The minimum atomic E-state index is -0.446. The Kier molecular flexibility index (Phi) is 3.33. The molecule has 1 aliphatic rings. The van der Waals surface area contributed by atoms with Crippen LogP contribution in [0.15, 0.2) is 18.2 Å². The molecule has 1 saturated carbocycles. The molecule has 92 valence electrons. The van der Waals surface area contributed by atoms with Crippen LogP contribution in [-0.4, -0.2) is 22.2 Å². The third kappa shape index (κ3) is 2.74. The molecule has 0 unspecified atom stereocenters. The Bertz CT molecular complexity index is 446. The second-order valence-electron chi connectivity index (χ2n) is 4.32. The van der Waals surface area contributed by atoms with Crippen LogP contribution in [0, 0.1) is 10.1 Å². The van der Waals surface area contributed by atoms with Crippen LogP contribution in [0.3, 0.4) is 0 Å². The first-order chi connectivity index (χ1) is 8.06. The zero-order valence-corrected chi connectivity index (χ0v) is 9.91. The maximum Gasteiger partial charge on any atom is 0.269 e. The fraction of sp³-hybridized carbons (Fsp3) is 0.455. The molecule has 0 atom stereocenters. The number of hydrogen-bond acceptors (Lipinski definition) is 4. The fourth-order valence-corrected chi connectivity index (χ4v) is 1.82. The molecular weight excluding hydrogens is 244 g/mol. The summed E-state index contributed by atoms with van der Waals surface area (Å²) in [5.74, 6) is 0. The van der Waals surface area contributed by atoms with E-state index in [-0.39, 0.29) is 17.8 Å². The number of nitrogens with zero attached hydrogens (tertiary/aromatic N) is 1. The van der Waals surface area contributed by atoms with Gasteiger partial charge in [-0.3, -0.25) is 10.1 Å². The van der Waals surface area contributed by atoms with E-state index in [1.165, 1.54) is 18.2 Å². The highest BCUT2D eigenvalue weighted by Gasteiger charge is 2.41. The van der Waals surface area contributed by atoms with Crippen molar-refractivity contribution in [1.29, 1.82) is 0 Å². The van der Waals surface area contributed by atoms with Crippen molar-refractivity contribution in [2.45, 2.75) is 24.9 Å². The van der Waals surface area contributed by atoms with E-state index < -0.39 is 4.92 Å². The number of benzene rings is 1. The molecule has 0 heterocycles. The maximum atomic E-state index is 10.6. The lowest BCUT2D eigenvalue weighted by molar-refractivity contribution is -0.384. The number of rotatable bonds is 5. The Morgan fingerprint density at radius 1 is 1.53 bits per heavy atom. The van der Waals surface area contributed by atoms with Crippen molar-refractivity contribution in [2.24, 2.45) is 0 Å². The lowest BCUT2D eigenvalue weighted by Gasteiger charge is -2.14. The predicted octanol–water partition coefficient (Wildman–Crippen LogP) is 1.86. The molecule has 2 rings (SSSR count). The molecule has 1 aromatic rings. The van der Waals surface area contributed by atoms with Gasteiger partial charge in [-0.15, -0.1) is 0 Å². The summed E-state index contributed by atoms with van der Waals surface area (Å²) < 4.78 is 0. The molecule has 1 fully saturated rings. The van der Waals surface area contributed by atoms with Crippen LogP contribution in [-0.2, 0) is 6.54 Å². The predicted molar refractivity (Wildman–Crippen MR) is 64.0 cm³/mol.